The van der Waals surface area contributed by atoms with E-state index in [1.54, 1.807) is 0 Å². The first kappa shape index (κ1) is 13.3. The number of amides is 1. The molecule has 4 bridgehead atoms. The van der Waals surface area contributed by atoms with E-state index < -0.39 is 10.0 Å². The normalized spacial score (nSPS) is 52.7. The van der Waals surface area contributed by atoms with Crippen LogP contribution in [0.3, 0.4) is 0 Å². The summed E-state index contributed by atoms with van der Waals surface area (Å²) >= 11 is 0. The van der Waals surface area contributed by atoms with Crippen LogP contribution in [0.25, 0.3) is 0 Å². The lowest BCUT2D eigenvalue weighted by Crippen LogP contribution is -2.43. The fourth-order valence-electron chi connectivity index (χ4n) is 5.86. The average molecular weight is 319 g/mol. The summed E-state index contributed by atoms with van der Waals surface area (Å²) in [6, 6.07) is 0. The van der Waals surface area contributed by atoms with Crippen LogP contribution in [0.1, 0.15) is 19.8 Å². The van der Waals surface area contributed by atoms with Crippen LogP contribution < -0.4 is 0 Å². The highest BCUT2D eigenvalue weighted by molar-refractivity contribution is 7.90. The molecule has 5 rings (SSSR count). The number of hydrogen-bond donors (Lipinski definition) is 0. The maximum absolute atomic E-state index is 13.0. The van der Waals surface area contributed by atoms with Gasteiger partial charge in [-0.2, -0.15) is 0 Å². The zero-order valence-electron chi connectivity index (χ0n) is 12.6. The lowest BCUT2D eigenvalue weighted by molar-refractivity contribution is -0.132. The molecule has 1 saturated heterocycles. The molecule has 5 heteroatoms. The highest BCUT2D eigenvalue weighted by atomic mass is 32.2. The summed E-state index contributed by atoms with van der Waals surface area (Å²) < 4.78 is 27.1. The van der Waals surface area contributed by atoms with Crippen molar-refractivity contribution >= 4 is 15.9 Å². The van der Waals surface area contributed by atoms with Crippen molar-refractivity contribution < 1.29 is 13.2 Å². The van der Waals surface area contributed by atoms with Gasteiger partial charge in [0, 0.05) is 18.4 Å². The molecule has 0 radical (unpaired) electrons. The Morgan fingerprint density at radius 1 is 1.00 bits per heavy atom. The maximum atomic E-state index is 13.0. The number of hydrogen-bond acceptors (Lipinski definition) is 3. The van der Waals surface area contributed by atoms with Gasteiger partial charge >= 0.3 is 0 Å². The Labute approximate surface area is 131 Å². The van der Waals surface area contributed by atoms with E-state index in [4.69, 9.17) is 0 Å². The van der Waals surface area contributed by atoms with Crippen LogP contribution >= 0.6 is 0 Å². The SMILES string of the molecule is C[C@H]1[C@H](C(=O)N2C[C@H]3[C@H]([C@H]4C=C[C@@H]3C4)S2(=O)=O)[C@@H]2C=C[C@H]1C2. The third-order valence-corrected chi connectivity index (χ3v) is 9.29. The Morgan fingerprint density at radius 2 is 1.64 bits per heavy atom. The molecule has 22 heavy (non-hydrogen) atoms. The molecule has 3 fully saturated rings. The van der Waals surface area contributed by atoms with E-state index in [-0.39, 0.29) is 40.7 Å². The van der Waals surface area contributed by atoms with Gasteiger partial charge in [0.15, 0.2) is 0 Å². The molecule has 0 aromatic heterocycles. The first-order valence-corrected chi connectivity index (χ1v) is 9.91. The zero-order valence-corrected chi connectivity index (χ0v) is 13.4. The van der Waals surface area contributed by atoms with E-state index in [0.717, 1.165) is 12.8 Å². The van der Waals surface area contributed by atoms with E-state index in [2.05, 4.69) is 31.2 Å². The van der Waals surface area contributed by atoms with Gasteiger partial charge in [-0.05, 0) is 42.4 Å². The van der Waals surface area contributed by atoms with Gasteiger partial charge in [-0.1, -0.05) is 31.2 Å². The summed E-state index contributed by atoms with van der Waals surface area (Å²) in [5.41, 5.74) is 0. The molecule has 1 aliphatic heterocycles. The lowest BCUT2D eigenvalue weighted by Gasteiger charge is -2.28. The van der Waals surface area contributed by atoms with Crippen LogP contribution in [0, 0.1) is 41.4 Å². The second kappa shape index (κ2) is 4.05. The number of carbonyl (C=O) groups is 1. The van der Waals surface area contributed by atoms with Crippen molar-refractivity contribution in [3.05, 3.63) is 24.3 Å². The smallest absolute Gasteiger partial charge is 0.241 e. The Balaban J connectivity index is 1.47. The topological polar surface area (TPSA) is 54.5 Å². The van der Waals surface area contributed by atoms with Crippen molar-refractivity contribution in [3.8, 4) is 0 Å². The first-order chi connectivity index (χ1) is 10.5. The van der Waals surface area contributed by atoms with E-state index in [1.807, 2.05) is 0 Å². The van der Waals surface area contributed by atoms with Gasteiger partial charge in [0.25, 0.3) is 0 Å². The molecule has 0 N–H and O–H groups in total. The van der Waals surface area contributed by atoms with E-state index >= 15 is 0 Å². The molecule has 1 amide bonds. The Bertz CT molecular complexity index is 709. The number of carbonyl (C=O) groups excluding carboxylic acids is 1. The number of rotatable bonds is 1. The van der Waals surface area contributed by atoms with E-state index in [0.29, 0.717) is 18.4 Å². The molecule has 0 unspecified atom stereocenters. The molecule has 4 nitrogen and oxygen atoms in total. The van der Waals surface area contributed by atoms with E-state index in [1.165, 1.54) is 4.31 Å². The quantitative estimate of drug-likeness (QED) is 0.693. The molecular formula is C17H21NO3S. The molecule has 5 aliphatic rings. The summed E-state index contributed by atoms with van der Waals surface area (Å²) in [7, 11) is -3.46. The monoisotopic (exact) mass is 319 g/mol. The number of fused-ring (bicyclic) bond motifs is 7. The fraction of sp³-hybridized carbons (Fsp3) is 0.706. The molecule has 4 aliphatic carbocycles. The minimum atomic E-state index is -3.46. The summed E-state index contributed by atoms with van der Waals surface area (Å²) in [5, 5.41) is -0.337. The summed E-state index contributed by atoms with van der Waals surface area (Å²) in [6.45, 7) is 2.52. The van der Waals surface area contributed by atoms with Gasteiger partial charge in [-0.15, -0.1) is 0 Å². The van der Waals surface area contributed by atoms with Crippen molar-refractivity contribution in [2.75, 3.05) is 6.54 Å². The van der Waals surface area contributed by atoms with Gasteiger partial charge in [0.2, 0.25) is 15.9 Å². The van der Waals surface area contributed by atoms with Crippen LogP contribution in [0.15, 0.2) is 24.3 Å². The number of sulfonamides is 1. The molecule has 0 aromatic carbocycles. The van der Waals surface area contributed by atoms with Crippen LogP contribution in [-0.2, 0) is 14.8 Å². The minimum Gasteiger partial charge on any atom is -0.273 e. The van der Waals surface area contributed by atoms with Gasteiger partial charge in [-0.25, -0.2) is 12.7 Å². The zero-order chi connectivity index (χ0) is 15.2. The molecule has 118 valence electrons. The fourth-order valence-corrected chi connectivity index (χ4v) is 8.28. The van der Waals surface area contributed by atoms with Crippen LogP contribution in [0.5, 0.6) is 0 Å². The summed E-state index contributed by atoms with van der Waals surface area (Å²) in [5.74, 6) is 1.35. The molecular weight excluding hydrogens is 298 g/mol. The van der Waals surface area contributed by atoms with Gasteiger partial charge in [0.05, 0.1) is 5.25 Å². The Kier molecular flexibility index (Phi) is 2.46. The first-order valence-electron chi connectivity index (χ1n) is 8.40. The molecule has 0 spiro atoms. The number of nitrogens with zero attached hydrogens (tertiary/aromatic N) is 1. The third kappa shape index (κ3) is 1.44. The van der Waals surface area contributed by atoms with Crippen LogP contribution in [0.2, 0.25) is 0 Å². The number of allylic oxidation sites excluding steroid dienone is 4. The van der Waals surface area contributed by atoms with Crippen LogP contribution in [0.4, 0.5) is 0 Å². The Hall–Kier alpha value is -1.10. The third-order valence-electron chi connectivity index (χ3n) is 6.96. The van der Waals surface area contributed by atoms with Gasteiger partial charge in [0.1, 0.15) is 0 Å². The van der Waals surface area contributed by atoms with Crippen molar-refractivity contribution in [1.29, 1.82) is 0 Å². The largest absolute Gasteiger partial charge is 0.273 e. The maximum Gasteiger partial charge on any atom is 0.241 e. The molecule has 1 heterocycles. The van der Waals surface area contributed by atoms with Crippen molar-refractivity contribution in [3.63, 3.8) is 0 Å². The van der Waals surface area contributed by atoms with Gasteiger partial charge in [-0.3, -0.25) is 4.79 Å². The van der Waals surface area contributed by atoms with Crippen molar-refractivity contribution in [2.45, 2.75) is 25.0 Å². The average Bonchev–Trinajstić information content (AvgIpc) is 3.22. The predicted molar refractivity (Wildman–Crippen MR) is 82.0 cm³/mol. The van der Waals surface area contributed by atoms with Crippen molar-refractivity contribution in [2.24, 2.45) is 41.4 Å². The second-order valence-corrected chi connectivity index (χ2v) is 9.84. The van der Waals surface area contributed by atoms with Crippen LogP contribution in [-0.4, -0.2) is 30.4 Å². The minimum absolute atomic E-state index is 0.127. The van der Waals surface area contributed by atoms with Gasteiger partial charge < -0.3 is 0 Å². The molecule has 2 saturated carbocycles. The predicted octanol–water partition coefficient (Wildman–Crippen LogP) is 1.81. The summed E-state index contributed by atoms with van der Waals surface area (Å²) in [6.07, 6.45) is 10.5. The van der Waals surface area contributed by atoms with E-state index in [9.17, 15) is 13.2 Å². The standard InChI is InChI=1S/C17H21NO3S/c1-9-10-2-4-12(6-10)15(9)17(19)18-8-14-11-3-5-13(7-11)16(14)22(18,20)21/h2-5,9-16H,6-8H2,1H3/t9-,10+,11-,12-,13+,14-,15+,16+/m1/s1. The highest BCUT2D eigenvalue weighted by Gasteiger charge is 2.61. The highest BCUT2D eigenvalue weighted by Crippen LogP contribution is 2.54. The molecule has 0 aromatic rings. The summed E-state index contributed by atoms with van der Waals surface area (Å²) in [4.78, 5) is 13.0. The second-order valence-electron chi connectivity index (χ2n) is 7.82. The lowest BCUT2D eigenvalue weighted by atomic mass is 9.83. The Morgan fingerprint density at radius 3 is 2.32 bits per heavy atom. The van der Waals surface area contributed by atoms with Crippen molar-refractivity contribution in [1.82, 2.24) is 4.31 Å². The molecule has 8 atom stereocenters.